The average molecular weight is 494 g/mol. The fraction of sp³-hybridized carbons (Fsp3) is 0.241. The molecule has 0 unspecified atom stereocenters. The third kappa shape index (κ3) is 4.40. The molecule has 0 atom stereocenters. The summed E-state index contributed by atoms with van der Waals surface area (Å²) in [5.74, 6) is -0.0553. The topological polar surface area (TPSA) is 92.7 Å². The zero-order valence-electron chi connectivity index (χ0n) is 20.5. The standard InChI is InChI=1S/C29H27N5O3/c1-20-4-5-24-17-23(10-11-25(24)31-20)21-6-8-22(9-7-21)27(35)32-15-12-29(37,13-16-32)18-33-19-30-34-14-2-3-26(34)28(33)36/h2-11,14,17,19,37H,12-13,15-16,18H2,1H3. The highest BCUT2D eigenvalue weighted by Crippen LogP contribution is 2.27. The van der Waals surface area contributed by atoms with Crippen molar-refractivity contribution in [2.24, 2.45) is 0 Å². The molecule has 6 rings (SSSR count). The number of aliphatic hydroxyl groups is 1. The molecule has 5 aromatic rings. The van der Waals surface area contributed by atoms with Gasteiger partial charge in [0.15, 0.2) is 0 Å². The van der Waals surface area contributed by atoms with Gasteiger partial charge in [-0.3, -0.25) is 19.1 Å². The summed E-state index contributed by atoms with van der Waals surface area (Å²) in [6.45, 7) is 2.97. The summed E-state index contributed by atoms with van der Waals surface area (Å²) < 4.78 is 2.98. The summed E-state index contributed by atoms with van der Waals surface area (Å²) in [4.78, 5) is 32.2. The van der Waals surface area contributed by atoms with Crippen molar-refractivity contribution >= 4 is 22.3 Å². The van der Waals surface area contributed by atoms with Crippen molar-refractivity contribution in [1.29, 1.82) is 0 Å². The third-order valence-electron chi connectivity index (χ3n) is 7.26. The Hall–Kier alpha value is -4.30. The lowest BCUT2D eigenvalue weighted by Crippen LogP contribution is -2.49. The first kappa shape index (κ1) is 23.1. The van der Waals surface area contributed by atoms with Crippen molar-refractivity contribution in [3.63, 3.8) is 0 Å². The van der Waals surface area contributed by atoms with Crippen LogP contribution in [0.5, 0.6) is 0 Å². The van der Waals surface area contributed by atoms with Gasteiger partial charge >= 0.3 is 0 Å². The maximum Gasteiger partial charge on any atom is 0.277 e. The van der Waals surface area contributed by atoms with Crippen LogP contribution in [0.25, 0.3) is 27.5 Å². The number of aromatic nitrogens is 4. The summed E-state index contributed by atoms with van der Waals surface area (Å²) in [5, 5.41) is 16.5. The van der Waals surface area contributed by atoms with Gasteiger partial charge in [-0.15, -0.1) is 0 Å². The number of aryl methyl sites for hydroxylation is 1. The first-order chi connectivity index (χ1) is 17.9. The molecule has 0 radical (unpaired) electrons. The second-order valence-electron chi connectivity index (χ2n) is 9.86. The zero-order valence-corrected chi connectivity index (χ0v) is 20.5. The molecule has 186 valence electrons. The molecule has 0 spiro atoms. The van der Waals surface area contributed by atoms with Crippen molar-refractivity contribution in [2.45, 2.75) is 31.9 Å². The summed E-state index contributed by atoms with van der Waals surface area (Å²) in [6.07, 6.45) is 3.95. The van der Waals surface area contributed by atoms with Gasteiger partial charge < -0.3 is 10.0 Å². The van der Waals surface area contributed by atoms with Gasteiger partial charge in [-0.2, -0.15) is 5.10 Å². The molecule has 0 saturated carbocycles. The van der Waals surface area contributed by atoms with Gasteiger partial charge in [-0.1, -0.05) is 24.3 Å². The van der Waals surface area contributed by atoms with E-state index in [2.05, 4.69) is 22.2 Å². The number of piperidine rings is 1. The van der Waals surface area contributed by atoms with Crippen LogP contribution in [-0.4, -0.2) is 53.8 Å². The molecule has 0 aliphatic carbocycles. The van der Waals surface area contributed by atoms with Gasteiger partial charge in [-0.25, -0.2) is 4.52 Å². The number of rotatable bonds is 4. The molecule has 1 aliphatic rings. The molecular formula is C29H27N5O3. The highest BCUT2D eigenvalue weighted by molar-refractivity contribution is 5.95. The van der Waals surface area contributed by atoms with E-state index < -0.39 is 5.60 Å². The van der Waals surface area contributed by atoms with E-state index in [1.165, 1.54) is 15.4 Å². The number of carbonyl (C=O) groups excluding carboxylic acids is 1. The maximum atomic E-state index is 13.2. The molecule has 1 saturated heterocycles. The minimum Gasteiger partial charge on any atom is -0.388 e. The highest BCUT2D eigenvalue weighted by Gasteiger charge is 2.35. The SMILES string of the molecule is Cc1ccc2cc(-c3ccc(C(=O)N4CCC(O)(Cn5cnn6cccc6c5=O)CC4)cc3)ccc2n1. The molecule has 3 aromatic heterocycles. The van der Waals surface area contributed by atoms with Crippen molar-refractivity contribution in [2.75, 3.05) is 13.1 Å². The summed E-state index contributed by atoms with van der Waals surface area (Å²) in [5.41, 5.74) is 3.89. The lowest BCUT2D eigenvalue weighted by Gasteiger charge is -2.38. The number of pyridine rings is 1. The molecular weight excluding hydrogens is 466 g/mol. The predicted octanol–water partition coefficient (Wildman–Crippen LogP) is 3.69. The van der Waals surface area contributed by atoms with Crippen LogP contribution in [-0.2, 0) is 6.54 Å². The average Bonchev–Trinajstić information content (AvgIpc) is 3.40. The van der Waals surface area contributed by atoms with Crippen molar-refractivity contribution < 1.29 is 9.90 Å². The first-order valence-electron chi connectivity index (χ1n) is 12.4. The number of fused-ring (bicyclic) bond motifs is 2. The molecule has 8 nitrogen and oxygen atoms in total. The van der Waals surface area contributed by atoms with E-state index in [1.807, 2.05) is 49.4 Å². The number of benzene rings is 2. The fourth-order valence-corrected chi connectivity index (χ4v) is 5.07. The largest absolute Gasteiger partial charge is 0.388 e. The third-order valence-corrected chi connectivity index (χ3v) is 7.26. The zero-order chi connectivity index (χ0) is 25.6. The highest BCUT2D eigenvalue weighted by atomic mass is 16.3. The van der Waals surface area contributed by atoms with Crippen molar-refractivity contribution in [3.8, 4) is 11.1 Å². The Kier molecular flexibility index (Phi) is 5.61. The lowest BCUT2D eigenvalue weighted by atomic mass is 9.90. The molecule has 37 heavy (non-hydrogen) atoms. The molecule has 1 aliphatic heterocycles. The summed E-state index contributed by atoms with van der Waals surface area (Å²) in [6, 6.07) is 21.4. The smallest absolute Gasteiger partial charge is 0.277 e. The Morgan fingerprint density at radius 2 is 1.76 bits per heavy atom. The lowest BCUT2D eigenvalue weighted by molar-refractivity contribution is -0.0300. The minimum absolute atomic E-state index is 0.0553. The Labute approximate surface area is 213 Å². The van der Waals surface area contributed by atoms with Gasteiger partial charge in [0.1, 0.15) is 11.8 Å². The second-order valence-corrected chi connectivity index (χ2v) is 9.86. The van der Waals surface area contributed by atoms with Crippen LogP contribution in [0.2, 0.25) is 0 Å². The van der Waals surface area contributed by atoms with E-state index in [1.54, 1.807) is 23.2 Å². The molecule has 0 bridgehead atoms. The molecule has 1 amide bonds. The number of hydrogen-bond donors (Lipinski definition) is 1. The van der Waals surface area contributed by atoms with Crippen LogP contribution >= 0.6 is 0 Å². The number of hydrogen-bond acceptors (Lipinski definition) is 5. The van der Waals surface area contributed by atoms with Crippen LogP contribution in [0, 0.1) is 6.92 Å². The molecule has 1 N–H and O–H groups in total. The van der Waals surface area contributed by atoms with Gasteiger partial charge in [0, 0.05) is 35.9 Å². The monoisotopic (exact) mass is 493 g/mol. The maximum absolute atomic E-state index is 13.2. The number of amides is 1. The van der Waals surface area contributed by atoms with Crippen LogP contribution < -0.4 is 5.56 Å². The Morgan fingerprint density at radius 1 is 1.00 bits per heavy atom. The number of nitrogens with zero attached hydrogens (tertiary/aromatic N) is 5. The minimum atomic E-state index is -1.07. The van der Waals surface area contributed by atoms with Crippen LogP contribution in [0.1, 0.15) is 28.9 Å². The van der Waals surface area contributed by atoms with Crippen LogP contribution in [0.4, 0.5) is 0 Å². The van der Waals surface area contributed by atoms with Gasteiger partial charge in [-0.05, 0) is 73.4 Å². The normalized spacial score (nSPS) is 15.4. The quantitative estimate of drug-likeness (QED) is 0.412. The number of likely N-dealkylation sites (tertiary alicyclic amines) is 1. The van der Waals surface area contributed by atoms with Gasteiger partial charge in [0.2, 0.25) is 0 Å². The van der Waals surface area contributed by atoms with Gasteiger partial charge in [0.05, 0.1) is 17.7 Å². The van der Waals surface area contributed by atoms with Crippen molar-refractivity contribution in [3.05, 3.63) is 101 Å². The Bertz CT molecular complexity index is 1680. The fourth-order valence-electron chi connectivity index (χ4n) is 5.07. The molecule has 8 heteroatoms. The van der Waals surface area contributed by atoms with Crippen LogP contribution in [0.3, 0.4) is 0 Å². The van der Waals surface area contributed by atoms with Crippen molar-refractivity contribution in [1.82, 2.24) is 24.1 Å². The van der Waals surface area contributed by atoms with E-state index >= 15 is 0 Å². The Balaban J connectivity index is 1.12. The van der Waals surface area contributed by atoms with E-state index in [4.69, 9.17) is 0 Å². The van der Waals surface area contributed by atoms with Gasteiger partial charge in [0.25, 0.3) is 11.5 Å². The molecule has 4 heterocycles. The molecule has 2 aromatic carbocycles. The number of carbonyl (C=O) groups is 1. The second kappa shape index (κ2) is 8.97. The Morgan fingerprint density at radius 3 is 2.54 bits per heavy atom. The molecule has 1 fully saturated rings. The first-order valence-corrected chi connectivity index (χ1v) is 12.4. The van der Waals surface area contributed by atoms with E-state index in [-0.39, 0.29) is 18.0 Å². The van der Waals surface area contributed by atoms with E-state index in [0.29, 0.717) is 37.0 Å². The predicted molar refractivity (Wildman–Crippen MR) is 141 cm³/mol. The summed E-state index contributed by atoms with van der Waals surface area (Å²) >= 11 is 0. The van der Waals surface area contributed by atoms with E-state index in [0.717, 1.165) is 27.7 Å². The summed E-state index contributed by atoms with van der Waals surface area (Å²) in [7, 11) is 0. The van der Waals surface area contributed by atoms with Crippen LogP contribution in [0.15, 0.2) is 84.0 Å². The van der Waals surface area contributed by atoms with E-state index in [9.17, 15) is 14.7 Å².